The molecule has 0 spiro atoms. The number of hydrogen-bond donors (Lipinski definition) is 5. The van der Waals surface area contributed by atoms with Crippen molar-refractivity contribution >= 4 is 11.9 Å². The van der Waals surface area contributed by atoms with Crippen LogP contribution < -0.4 is 5.32 Å². The Bertz CT molecular complexity index is 989. The number of rotatable bonds is 25. The first-order chi connectivity index (χ1) is 22.8. The number of hydrogen-bond acceptors (Lipinski definition) is 9. The van der Waals surface area contributed by atoms with E-state index in [-0.39, 0.29) is 18.9 Å². The zero-order valence-corrected chi connectivity index (χ0v) is 28.6. The molecule has 5 N–H and O–H groups in total. The Morgan fingerprint density at radius 1 is 0.830 bits per heavy atom. The van der Waals surface area contributed by atoms with Crippen LogP contribution in [0.5, 0.6) is 0 Å². The minimum atomic E-state index is -1.61. The number of nitrogens with one attached hydrogen (secondary N) is 1. The van der Waals surface area contributed by atoms with Gasteiger partial charge in [0.2, 0.25) is 5.91 Å². The van der Waals surface area contributed by atoms with E-state index in [0.29, 0.717) is 12.0 Å². The molecule has 0 aromatic heterocycles. The topological polar surface area (TPSA) is 155 Å². The van der Waals surface area contributed by atoms with Crippen LogP contribution in [0.3, 0.4) is 0 Å². The number of benzene rings is 1. The van der Waals surface area contributed by atoms with Gasteiger partial charge in [0, 0.05) is 6.42 Å². The molecule has 1 saturated heterocycles. The molecule has 0 aliphatic carbocycles. The van der Waals surface area contributed by atoms with Crippen LogP contribution in [0.15, 0.2) is 42.5 Å². The molecule has 1 amide bonds. The Morgan fingerprint density at radius 2 is 1.43 bits per heavy atom. The second-order valence-electron chi connectivity index (χ2n) is 12.7. The number of allylic oxidation sites excluding steroid dienone is 1. The first-order valence-corrected chi connectivity index (χ1v) is 18.0. The van der Waals surface area contributed by atoms with Gasteiger partial charge in [-0.2, -0.15) is 0 Å². The highest BCUT2D eigenvalue weighted by atomic mass is 16.7. The summed E-state index contributed by atoms with van der Waals surface area (Å²) in [5.74, 6) is -0.798. The average Bonchev–Trinajstić information content (AvgIpc) is 3.08. The van der Waals surface area contributed by atoms with E-state index < -0.39 is 55.4 Å². The van der Waals surface area contributed by atoms with Crippen LogP contribution in [-0.4, -0.2) is 88.4 Å². The molecule has 0 bridgehead atoms. The summed E-state index contributed by atoms with van der Waals surface area (Å²) < 4.78 is 17.3. The van der Waals surface area contributed by atoms with Crippen molar-refractivity contribution in [2.24, 2.45) is 0 Å². The zero-order valence-electron chi connectivity index (χ0n) is 28.6. The molecule has 1 fully saturated rings. The molecule has 1 heterocycles. The van der Waals surface area contributed by atoms with E-state index in [2.05, 4.69) is 19.2 Å². The number of amides is 1. The molecule has 47 heavy (non-hydrogen) atoms. The van der Waals surface area contributed by atoms with E-state index in [9.17, 15) is 30.0 Å². The summed E-state index contributed by atoms with van der Waals surface area (Å²) >= 11 is 0. The van der Waals surface area contributed by atoms with E-state index in [1.165, 1.54) is 57.8 Å². The van der Waals surface area contributed by atoms with E-state index in [4.69, 9.17) is 14.2 Å². The smallest absolute Gasteiger partial charge is 0.338 e. The SMILES string of the molecule is CCCCCCCCCCCCCC=C[C@@H](OC(=O)c1ccccc1)[C@H](CO[C@@H]1O[C@H](CO)[C@H](O)[C@H](O)[C@H]1O)NC(=O)CCCCC. The average molecular weight is 664 g/mol. The minimum absolute atomic E-state index is 0.236. The van der Waals surface area contributed by atoms with Crippen molar-refractivity contribution < 1.29 is 44.2 Å². The maximum absolute atomic E-state index is 13.1. The maximum atomic E-state index is 13.1. The fourth-order valence-electron chi connectivity index (χ4n) is 5.61. The van der Waals surface area contributed by atoms with E-state index in [1.807, 2.05) is 6.08 Å². The number of ether oxygens (including phenoxy) is 3. The molecule has 1 aliphatic rings. The van der Waals surface area contributed by atoms with E-state index in [1.54, 1.807) is 36.4 Å². The van der Waals surface area contributed by atoms with E-state index in [0.717, 1.165) is 32.1 Å². The lowest BCUT2D eigenvalue weighted by Crippen LogP contribution is -2.60. The van der Waals surface area contributed by atoms with Gasteiger partial charge in [0.1, 0.15) is 30.5 Å². The third-order valence-corrected chi connectivity index (χ3v) is 8.59. The molecule has 0 radical (unpaired) electrons. The molecule has 10 nitrogen and oxygen atoms in total. The van der Waals surface area contributed by atoms with Crippen molar-refractivity contribution in [3.8, 4) is 0 Å². The van der Waals surface area contributed by atoms with Gasteiger partial charge in [0.05, 0.1) is 24.8 Å². The van der Waals surface area contributed by atoms with Crippen molar-refractivity contribution in [3.05, 3.63) is 48.0 Å². The Hall–Kier alpha value is -2.34. The van der Waals surface area contributed by atoms with Gasteiger partial charge in [-0.1, -0.05) is 115 Å². The van der Waals surface area contributed by atoms with Crippen molar-refractivity contribution in [1.82, 2.24) is 5.32 Å². The Kier molecular flexibility index (Phi) is 21.5. The van der Waals surface area contributed by atoms with Crippen molar-refractivity contribution in [1.29, 1.82) is 0 Å². The maximum Gasteiger partial charge on any atom is 0.338 e. The molecular weight excluding hydrogens is 602 g/mol. The van der Waals surface area contributed by atoms with Gasteiger partial charge < -0.3 is 40.0 Å². The summed E-state index contributed by atoms with van der Waals surface area (Å²) in [5.41, 5.74) is 0.360. The molecule has 7 atom stereocenters. The highest BCUT2D eigenvalue weighted by Crippen LogP contribution is 2.23. The zero-order chi connectivity index (χ0) is 34.3. The van der Waals surface area contributed by atoms with Crippen LogP contribution >= 0.6 is 0 Å². The second kappa shape index (κ2) is 24.7. The molecule has 1 aromatic rings. The molecule has 1 aromatic carbocycles. The second-order valence-corrected chi connectivity index (χ2v) is 12.7. The molecule has 268 valence electrons. The van der Waals surface area contributed by atoms with Gasteiger partial charge in [-0.3, -0.25) is 4.79 Å². The Morgan fingerprint density at radius 3 is 2.04 bits per heavy atom. The van der Waals surface area contributed by atoms with Crippen LogP contribution in [0.2, 0.25) is 0 Å². The van der Waals surface area contributed by atoms with Gasteiger partial charge in [-0.25, -0.2) is 4.79 Å². The Labute approximate surface area is 281 Å². The van der Waals surface area contributed by atoms with Crippen LogP contribution in [0.25, 0.3) is 0 Å². The lowest BCUT2D eigenvalue weighted by Gasteiger charge is -2.40. The summed E-state index contributed by atoms with van der Waals surface area (Å²) in [6, 6.07) is 7.73. The van der Waals surface area contributed by atoms with Crippen LogP contribution in [-0.2, 0) is 19.0 Å². The summed E-state index contributed by atoms with van der Waals surface area (Å²) in [4.78, 5) is 26.1. The fourth-order valence-corrected chi connectivity index (χ4v) is 5.61. The van der Waals surface area contributed by atoms with Gasteiger partial charge in [0.15, 0.2) is 6.29 Å². The lowest BCUT2D eigenvalue weighted by atomic mass is 9.99. The van der Waals surface area contributed by atoms with Crippen LogP contribution in [0.4, 0.5) is 0 Å². The number of esters is 1. The van der Waals surface area contributed by atoms with Crippen molar-refractivity contribution in [3.63, 3.8) is 0 Å². The minimum Gasteiger partial charge on any atom is -0.452 e. The van der Waals surface area contributed by atoms with Crippen molar-refractivity contribution in [2.45, 2.75) is 159 Å². The van der Waals surface area contributed by atoms with Crippen molar-refractivity contribution in [2.75, 3.05) is 13.2 Å². The predicted octanol–water partition coefficient (Wildman–Crippen LogP) is 5.35. The lowest BCUT2D eigenvalue weighted by molar-refractivity contribution is -0.302. The van der Waals surface area contributed by atoms with Crippen LogP contribution in [0, 0.1) is 0 Å². The third-order valence-electron chi connectivity index (χ3n) is 8.59. The van der Waals surface area contributed by atoms with Crippen LogP contribution in [0.1, 0.15) is 127 Å². The quantitative estimate of drug-likeness (QED) is 0.0529. The Balaban J connectivity index is 2.07. The number of aliphatic hydroxyl groups is 4. The fraction of sp³-hybridized carbons (Fsp3) is 0.730. The first kappa shape index (κ1) is 40.8. The number of carbonyl (C=O) groups is 2. The molecule has 10 heteroatoms. The normalized spacial score (nSPS) is 22.6. The third kappa shape index (κ3) is 16.1. The molecular formula is C37H61NO9. The predicted molar refractivity (Wildman–Crippen MR) is 182 cm³/mol. The van der Waals surface area contributed by atoms with E-state index >= 15 is 0 Å². The standard InChI is InChI=1S/C37H61NO9/c1-3-5-7-8-9-10-11-12-13-14-15-16-21-24-30(46-36(44)28-22-19-17-20-23-28)29(38-32(40)25-18-6-4-2)27-45-37-35(43)34(42)33(41)31(26-39)47-37/h17,19-24,29-31,33-35,37,39,41-43H,3-16,18,25-27H2,1-2H3,(H,38,40)/t29-,30+,31+,33-,34-,35+,37+/m0/s1. The highest BCUT2D eigenvalue weighted by Gasteiger charge is 2.44. The summed E-state index contributed by atoms with van der Waals surface area (Å²) in [6.45, 7) is 3.45. The monoisotopic (exact) mass is 663 g/mol. The number of carbonyl (C=O) groups excluding carboxylic acids is 2. The van der Waals surface area contributed by atoms with Gasteiger partial charge >= 0.3 is 5.97 Å². The summed E-state index contributed by atoms with van der Waals surface area (Å²) in [6.07, 6.45) is 12.8. The van der Waals surface area contributed by atoms with Gasteiger partial charge in [-0.15, -0.1) is 0 Å². The molecule has 0 saturated carbocycles. The van der Waals surface area contributed by atoms with Gasteiger partial charge in [0.25, 0.3) is 0 Å². The largest absolute Gasteiger partial charge is 0.452 e. The molecule has 1 aliphatic heterocycles. The first-order valence-electron chi connectivity index (χ1n) is 18.0. The molecule has 2 rings (SSSR count). The number of aliphatic hydroxyl groups excluding tert-OH is 4. The highest BCUT2D eigenvalue weighted by molar-refractivity contribution is 5.89. The summed E-state index contributed by atoms with van der Waals surface area (Å²) in [7, 11) is 0. The summed E-state index contributed by atoms with van der Waals surface area (Å²) in [5, 5.41) is 43.4. The molecule has 0 unspecified atom stereocenters. The van der Waals surface area contributed by atoms with Gasteiger partial charge in [-0.05, 0) is 37.5 Å². The number of unbranched alkanes of at least 4 members (excludes halogenated alkanes) is 13.